The van der Waals surface area contributed by atoms with Gasteiger partial charge in [0.1, 0.15) is 0 Å². The molecule has 0 amide bonds. The molecule has 0 bridgehead atoms. The van der Waals surface area contributed by atoms with Crippen molar-refractivity contribution >= 4 is 0 Å². The average molecular weight is 153 g/mol. The van der Waals surface area contributed by atoms with Crippen molar-refractivity contribution in [2.24, 2.45) is 5.92 Å². The molecule has 0 aliphatic heterocycles. The fourth-order valence-electron chi connectivity index (χ4n) is 0.857. The molecule has 64 valence electrons. The molecule has 1 heteroatoms. The molecule has 0 rings (SSSR count). The van der Waals surface area contributed by atoms with Crippen LogP contribution in [0.3, 0.4) is 0 Å². The Hall–Kier alpha value is -0.720. The van der Waals surface area contributed by atoms with Gasteiger partial charge in [-0.3, -0.25) is 0 Å². The van der Waals surface area contributed by atoms with Gasteiger partial charge in [0.05, 0.1) is 0 Å². The molecule has 11 heavy (non-hydrogen) atoms. The molecule has 0 aliphatic carbocycles. The minimum absolute atomic E-state index is 0.621. The summed E-state index contributed by atoms with van der Waals surface area (Å²) in [6.07, 6.45) is 6.39. The highest BCUT2D eigenvalue weighted by atomic mass is 15.0. The van der Waals surface area contributed by atoms with E-state index >= 15 is 0 Å². The molecule has 0 heterocycles. The van der Waals surface area contributed by atoms with Crippen LogP contribution in [0.25, 0.3) is 0 Å². The number of allylic oxidation sites excluding steroid dienone is 3. The standard InChI is InChI=1S/C10H19N/c1-6-10(9(2)3)7-8-11(4)5/h6-9H,1-5H3/b8-7-,10-6?. The van der Waals surface area contributed by atoms with E-state index in [2.05, 4.69) is 39.1 Å². The van der Waals surface area contributed by atoms with E-state index in [9.17, 15) is 0 Å². The van der Waals surface area contributed by atoms with Crippen molar-refractivity contribution in [1.29, 1.82) is 0 Å². The molecule has 0 N–H and O–H groups in total. The van der Waals surface area contributed by atoms with E-state index in [1.165, 1.54) is 5.57 Å². The van der Waals surface area contributed by atoms with Crippen molar-refractivity contribution in [2.45, 2.75) is 20.8 Å². The normalized spacial score (nSPS) is 13.1. The summed E-state index contributed by atoms with van der Waals surface area (Å²) in [7, 11) is 4.06. The predicted octanol–water partition coefficient (Wildman–Crippen LogP) is 2.66. The quantitative estimate of drug-likeness (QED) is 0.563. The summed E-state index contributed by atoms with van der Waals surface area (Å²) in [6, 6.07) is 0. The number of rotatable bonds is 3. The van der Waals surface area contributed by atoms with Gasteiger partial charge in [0, 0.05) is 14.1 Å². The first-order valence-electron chi connectivity index (χ1n) is 4.08. The van der Waals surface area contributed by atoms with Crippen LogP contribution < -0.4 is 0 Å². The van der Waals surface area contributed by atoms with Gasteiger partial charge in [-0.1, -0.05) is 19.9 Å². The van der Waals surface area contributed by atoms with Gasteiger partial charge in [-0.25, -0.2) is 0 Å². The zero-order valence-electron chi connectivity index (χ0n) is 8.26. The molecule has 0 unspecified atom stereocenters. The van der Waals surface area contributed by atoms with E-state index in [1.54, 1.807) is 0 Å². The molecular weight excluding hydrogens is 134 g/mol. The molecule has 0 aromatic carbocycles. The highest BCUT2D eigenvalue weighted by Gasteiger charge is 1.95. The van der Waals surface area contributed by atoms with Crippen LogP contribution in [0.4, 0.5) is 0 Å². The predicted molar refractivity (Wildman–Crippen MR) is 51.4 cm³/mol. The van der Waals surface area contributed by atoms with Gasteiger partial charge < -0.3 is 4.90 Å². The SMILES string of the molecule is CC=C(/C=C\N(C)C)C(C)C. The van der Waals surface area contributed by atoms with Crippen LogP contribution in [0, 0.1) is 5.92 Å². The van der Waals surface area contributed by atoms with Gasteiger partial charge in [0.25, 0.3) is 0 Å². The number of nitrogens with zero attached hydrogens (tertiary/aromatic N) is 1. The largest absolute Gasteiger partial charge is 0.383 e. The Labute approximate surface area is 70.4 Å². The van der Waals surface area contributed by atoms with E-state index in [0.717, 1.165) is 0 Å². The highest BCUT2D eigenvalue weighted by molar-refractivity contribution is 5.19. The maximum atomic E-state index is 2.20. The van der Waals surface area contributed by atoms with E-state index in [4.69, 9.17) is 0 Å². The van der Waals surface area contributed by atoms with Gasteiger partial charge in [0.2, 0.25) is 0 Å². The second-order valence-corrected chi connectivity index (χ2v) is 3.22. The lowest BCUT2D eigenvalue weighted by Crippen LogP contribution is -2.01. The summed E-state index contributed by atoms with van der Waals surface area (Å²) in [4.78, 5) is 2.05. The molecule has 0 aliphatic rings. The first-order valence-corrected chi connectivity index (χ1v) is 4.08. The van der Waals surface area contributed by atoms with Crippen LogP contribution in [0.5, 0.6) is 0 Å². The average Bonchev–Trinajstić information content (AvgIpc) is 1.87. The Morgan fingerprint density at radius 3 is 2.09 bits per heavy atom. The zero-order valence-corrected chi connectivity index (χ0v) is 8.26. The lowest BCUT2D eigenvalue weighted by atomic mass is 10.0. The highest BCUT2D eigenvalue weighted by Crippen LogP contribution is 2.10. The van der Waals surface area contributed by atoms with E-state index in [-0.39, 0.29) is 0 Å². The lowest BCUT2D eigenvalue weighted by Gasteiger charge is -2.07. The van der Waals surface area contributed by atoms with Gasteiger partial charge in [-0.2, -0.15) is 0 Å². The topological polar surface area (TPSA) is 3.24 Å². The molecular formula is C10H19N. The molecule has 0 saturated heterocycles. The lowest BCUT2D eigenvalue weighted by molar-refractivity contribution is 0.562. The first kappa shape index (κ1) is 10.3. The minimum Gasteiger partial charge on any atom is -0.383 e. The Morgan fingerprint density at radius 2 is 1.82 bits per heavy atom. The Balaban J connectivity index is 4.10. The van der Waals surface area contributed by atoms with Crippen LogP contribution in [0.2, 0.25) is 0 Å². The maximum absolute atomic E-state index is 2.20. The third kappa shape index (κ3) is 4.65. The monoisotopic (exact) mass is 153 g/mol. The molecule has 0 saturated carbocycles. The van der Waals surface area contributed by atoms with Crippen molar-refractivity contribution in [1.82, 2.24) is 4.90 Å². The smallest absolute Gasteiger partial charge is 0.00556 e. The van der Waals surface area contributed by atoms with Gasteiger partial charge >= 0.3 is 0 Å². The molecule has 0 radical (unpaired) electrons. The Kier molecular flexibility index (Phi) is 4.67. The van der Waals surface area contributed by atoms with Crippen LogP contribution in [0.15, 0.2) is 23.9 Å². The van der Waals surface area contributed by atoms with Gasteiger partial charge in [-0.15, -0.1) is 0 Å². The third-order valence-corrected chi connectivity index (χ3v) is 1.57. The number of hydrogen-bond donors (Lipinski definition) is 0. The Morgan fingerprint density at radius 1 is 1.27 bits per heavy atom. The first-order chi connectivity index (χ1) is 5.07. The molecule has 0 spiro atoms. The molecule has 0 fully saturated rings. The minimum atomic E-state index is 0.621. The molecule has 0 aromatic rings. The van der Waals surface area contributed by atoms with Gasteiger partial charge in [-0.05, 0) is 30.7 Å². The summed E-state index contributed by atoms with van der Waals surface area (Å²) < 4.78 is 0. The summed E-state index contributed by atoms with van der Waals surface area (Å²) in [6.45, 7) is 6.49. The summed E-state index contributed by atoms with van der Waals surface area (Å²) in [5.41, 5.74) is 1.39. The van der Waals surface area contributed by atoms with Crippen molar-refractivity contribution in [3.05, 3.63) is 23.9 Å². The van der Waals surface area contributed by atoms with E-state index in [0.29, 0.717) is 5.92 Å². The second-order valence-electron chi connectivity index (χ2n) is 3.22. The second kappa shape index (κ2) is 5.00. The maximum Gasteiger partial charge on any atom is 0.00556 e. The van der Waals surface area contributed by atoms with Crippen LogP contribution in [-0.2, 0) is 0 Å². The Bertz CT molecular complexity index is 152. The molecule has 0 atom stereocenters. The van der Waals surface area contributed by atoms with E-state index in [1.807, 2.05) is 19.0 Å². The zero-order chi connectivity index (χ0) is 8.85. The fraction of sp³-hybridized carbons (Fsp3) is 0.600. The van der Waals surface area contributed by atoms with Crippen molar-refractivity contribution in [2.75, 3.05) is 14.1 Å². The summed E-state index contributed by atoms with van der Waals surface area (Å²) in [5.74, 6) is 0.621. The van der Waals surface area contributed by atoms with Crippen molar-refractivity contribution in [3.8, 4) is 0 Å². The van der Waals surface area contributed by atoms with Crippen molar-refractivity contribution in [3.63, 3.8) is 0 Å². The summed E-state index contributed by atoms with van der Waals surface area (Å²) in [5, 5.41) is 0. The third-order valence-electron chi connectivity index (χ3n) is 1.57. The van der Waals surface area contributed by atoms with Crippen LogP contribution in [-0.4, -0.2) is 19.0 Å². The van der Waals surface area contributed by atoms with Crippen LogP contribution in [0.1, 0.15) is 20.8 Å². The van der Waals surface area contributed by atoms with Crippen molar-refractivity contribution < 1.29 is 0 Å². The summed E-state index contributed by atoms with van der Waals surface area (Å²) >= 11 is 0. The fourth-order valence-corrected chi connectivity index (χ4v) is 0.857. The molecule has 0 aromatic heterocycles. The van der Waals surface area contributed by atoms with Crippen LogP contribution >= 0.6 is 0 Å². The van der Waals surface area contributed by atoms with E-state index < -0.39 is 0 Å². The molecule has 1 nitrogen and oxygen atoms in total. The number of hydrogen-bond acceptors (Lipinski definition) is 1. The van der Waals surface area contributed by atoms with Gasteiger partial charge in [0.15, 0.2) is 0 Å².